The van der Waals surface area contributed by atoms with E-state index in [1.54, 1.807) is 13.8 Å². The van der Waals surface area contributed by atoms with Crippen molar-refractivity contribution in [2.45, 2.75) is 75.3 Å². The third kappa shape index (κ3) is 6.09. The van der Waals surface area contributed by atoms with Gasteiger partial charge in [0.25, 0.3) is 0 Å². The van der Waals surface area contributed by atoms with Crippen LogP contribution < -0.4 is 20.1 Å². The van der Waals surface area contributed by atoms with Gasteiger partial charge >= 0.3 is 0 Å². The largest absolute Gasteiger partial charge is 0.493 e. The number of likely N-dealkylation sites (tertiary alicyclic amines) is 1. The lowest BCUT2D eigenvalue weighted by molar-refractivity contribution is -0.139. The summed E-state index contributed by atoms with van der Waals surface area (Å²) in [5, 5.41) is 2.96. The van der Waals surface area contributed by atoms with Crippen LogP contribution in [0.25, 0.3) is 0 Å². The zero-order valence-corrected chi connectivity index (χ0v) is 25.1. The Morgan fingerprint density at radius 1 is 1.12 bits per heavy atom. The lowest BCUT2D eigenvalue weighted by Gasteiger charge is -2.41. The Labute approximate surface area is 243 Å². The van der Waals surface area contributed by atoms with Gasteiger partial charge in [-0.3, -0.25) is 13.9 Å². The maximum absolute atomic E-state index is 14.0. The monoisotopic (exact) mass is 582 g/mol. The molecule has 1 spiro atoms. The number of ether oxygens (including phenoxy) is 1. The third-order valence-corrected chi connectivity index (χ3v) is 10.1. The van der Waals surface area contributed by atoms with Crippen LogP contribution in [0.1, 0.15) is 69.4 Å². The average molecular weight is 583 g/mol. The molecule has 2 unspecified atom stereocenters. The molecule has 3 heterocycles. The maximum atomic E-state index is 14.0. The fourth-order valence-corrected chi connectivity index (χ4v) is 7.57. The maximum Gasteiger partial charge on any atom is 0.245 e. The van der Waals surface area contributed by atoms with Crippen molar-refractivity contribution in [3.8, 4) is 5.75 Å². The zero-order chi connectivity index (χ0) is 29.4. The van der Waals surface area contributed by atoms with E-state index in [1.807, 2.05) is 47.4 Å². The second-order valence-corrected chi connectivity index (χ2v) is 14.3. The molecule has 0 saturated carbocycles. The Bertz CT molecular complexity index is 1400. The van der Waals surface area contributed by atoms with Crippen LogP contribution in [0, 0.1) is 0 Å². The van der Waals surface area contributed by atoms with Gasteiger partial charge in [0.15, 0.2) is 0 Å². The van der Waals surface area contributed by atoms with Crippen LogP contribution >= 0.6 is 0 Å². The summed E-state index contributed by atoms with van der Waals surface area (Å²) in [4.78, 5) is 28.7. The molecule has 9 nitrogen and oxygen atoms in total. The SMILES string of the molecule is CC(C)(N)C(=O)NC(CCC1CCCOc2ccccc21)C(=O)N1CCC2(CC1)CN(S(C)(=O)=O)c1ccccc12. The van der Waals surface area contributed by atoms with Gasteiger partial charge in [0.1, 0.15) is 11.8 Å². The van der Waals surface area contributed by atoms with Crippen molar-refractivity contribution in [2.75, 3.05) is 36.8 Å². The molecule has 0 radical (unpaired) electrons. The number of amides is 2. The highest BCUT2D eigenvalue weighted by Crippen LogP contribution is 2.48. The van der Waals surface area contributed by atoms with E-state index in [-0.39, 0.29) is 23.1 Å². The first-order valence-corrected chi connectivity index (χ1v) is 16.4. The number of carbonyl (C=O) groups is 2. The van der Waals surface area contributed by atoms with Crippen molar-refractivity contribution >= 4 is 27.5 Å². The number of piperidine rings is 1. The van der Waals surface area contributed by atoms with Crippen LogP contribution in [0.15, 0.2) is 48.5 Å². The first-order chi connectivity index (χ1) is 19.4. The molecule has 1 saturated heterocycles. The van der Waals surface area contributed by atoms with Gasteiger partial charge < -0.3 is 20.7 Å². The molecular formula is C31H42N4O5S. The predicted octanol–water partition coefficient (Wildman–Crippen LogP) is 3.29. The van der Waals surface area contributed by atoms with Crippen LogP contribution in [-0.4, -0.2) is 69.2 Å². The minimum Gasteiger partial charge on any atom is -0.493 e. The Morgan fingerprint density at radius 3 is 2.51 bits per heavy atom. The number of benzene rings is 2. The Kier molecular flexibility index (Phi) is 8.09. The topological polar surface area (TPSA) is 122 Å². The van der Waals surface area contributed by atoms with Gasteiger partial charge in [0.05, 0.1) is 24.1 Å². The molecule has 1 fully saturated rings. The lowest BCUT2D eigenvalue weighted by Crippen LogP contribution is -2.58. The van der Waals surface area contributed by atoms with Crippen molar-refractivity contribution in [3.05, 3.63) is 59.7 Å². The van der Waals surface area contributed by atoms with Gasteiger partial charge in [-0.05, 0) is 81.5 Å². The van der Waals surface area contributed by atoms with E-state index in [0.29, 0.717) is 45.5 Å². The summed E-state index contributed by atoms with van der Waals surface area (Å²) in [6.07, 6.45) is 5.66. The van der Waals surface area contributed by atoms with E-state index in [9.17, 15) is 18.0 Å². The molecule has 2 aromatic carbocycles. The Hall–Kier alpha value is -3.11. The average Bonchev–Trinajstić information content (AvgIpc) is 3.11. The number of fused-ring (bicyclic) bond motifs is 3. The fraction of sp³-hybridized carbons (Fsp3) is 0.548. The summed E-state index contributed by atoms with van der Waals surface area (Å²) in [7, 11) is -3.42. The number of carbonyl (C=O) groups excluding carboxylic acids is 2. The quantitative estimate of drug-likeness (QED) is 0.517. The van der Waals surface area contributed by atoms with Crippen molar-refractivity contribution in [3.63, 3.8) is 0 Å². The van der Waals surface area contributed by atoms with Gasteiger partial charge in [0, 0.05) is 25.0 Å². The second kappa shape index (κ2) is 11.3. The summed E-state index contributed by atoms with van der Waals surface area (Å²) in [5.74, 6) is 0.656. The minimum absolute atomic E-state index is 0.109. The van der Waals surface area contributed by atoms with Crippen LogP contribution in [-0.2, 0) is 25.0 Å². The summed E-state index contributed by atoms with van der Waals surface area (Å²) >= 11 is 0. The first-order valence-electron chi connectivity index (χ1n) is 14.6. The van der Waals surface area contributed by atoms with Gasteiger partial charge in [0.2, 0.25) is 21.8 Å². The van der Waals surface area contributed by atoms with Crippen molar-refractivity contribution < 1.29 is 22.7 Å². The molecule has 2 aromatic rings. The number of sulfonamides is 1. The van der Waals surface area contributed by atoms with Gasteiger partial charge in [-0.1, -0.05) is 36.4 Å². The molecule has 0 aliphatic carbocycles. The van der Waals surface area contributed by atoms with E-state index in [0.717, 1.165) is 41.8 Å². The highest BCUT2D eigenvalue weighted by molar-refractivity contribution is 7.92. The van der Waals surface area contributed by atoms with E-state index >= 15 is 0 Å². The molecule has 41 heavy (non-hydrogen) atoms. The first kappa shape index (κ1) is 29.4. The van der Waals surface area contributed by atoms with Crippen LogP contribution in [0.5, 0.6) is 5.75 Å². The van der Waals surface area contributed by atoms with Gasteiger partial charge in [-0.15, -0.1) is 0 Å². The predicted molar refractivity (Wildman–Crippen MR) is 159 cm³/mol. The number of hydrogen-bond donors (Lipinski definition) is 2. The minimum atomic E-state index is -3.42. The van der Waals surface area contributed by atoms with Gasteiger partial charge in [-0.25, -0.2) is 8.42 Å². The highest BCUT2D eigenvalue weighted by atomic mass is 32.2. The van der Waals surface area contributed by atoms with Crippen LogP contribution in [0.3, 0.4) is 0 Å². The van der Waals surface area contributed by atoms with E-state index < -0.39 is 21.6 Å². The number of rotatable bonds is 7. The number of nitrogens with zero attached hydrogens (tertiary/aromatic N) is 2. The number of anilines is 1. The summed E-state index contributed by atoms with van der Waals surface area (Å²) < 4.78 is 32.6. The third-order valence-electron chi connectivity index (χ3n) is 8.93. The van der Waals surface area contributed by atoms with Gasteiger partial charge in [-0.2, -0.15) is 0 Å². The number of nitrogens with one attached hydrogen (secondary N) is 1. The smallest absolute Gasteiger partial charge is 0.245 e. The second-order valence-electron chi connectivity index (χ2n) is 12.4. The summed E-state index contributed by atoms with van der Waals surface area (Å²) in [6, 6.07) is 15.0. The molecule has 2 atom stereocenters. The molecule has 3 N–H and O–H groups in total. The van der Waals surface area contributed by atoms with Crippen molar-refractivity contribution in [1.82, 2.24) is 10.2 Å². The number of hydrogen-bond acceptors (Lipinski definition) is 6. The number of para-hydroxylation sites is 2. The normalized spacial score (nSPS) is 20.9. The van der Waals surface area contributed by atoms with Crippen LogP contribution in [0.2, 0.25) is 0 Å². The Morgan fingerprint density at radius 2 is 1.80 bits per heavy atom. The van der Waals surface area contributed by atoms with E-state index in [4.69, 9.17) is 10.5 Å². The van der Waals surface area contributed by atoms with E-state index in [2.05, 4.69) is 11.4 Å². The van der Waals surface area contributed by atoms with Crippen molar-refractivity contribution in [1.29, 1.82) is 0 Å². The summed E-state index contributed by atoms with van der Waals surface area (Å²) in [6.45, 7) is 5.31. The molecule has 2 amide bonds. The standard InChI is InChI=1S/C31H42N4O5S/c1-30(2,32)29(37)33-25(15-14-22-9-8-20-40-27-13-7-4-10-23(22)27)28(36)34-18-16-31(17-19-34)21-35(41(3,38)39)26-12-6-5-11-24(26)31/h4-7,10-13,22,25H,8-9,14-21,32H2,1-3H3,(H,33,37). The molecule has 0 bridgehead atoms. The molecular weight excluding hydrogens is 540 g/mol. The zero-order valence-electron chi connectivity index (χ0n) is 24.3. The molecule has 0 aromatic heterocycles. The summed E-state index contributed by atoms with van der Waals surface area (Å²) in [5.41, 5.74) is 7.56. The van der Waals surface area contributed by atoms with E-state index in [1.165, 1.54) is 10.6 Å². The highest BCUT2D eigenvalue weighted by Gasteiger charge is 2.48. The molecule has 10 heteroatoms. The molecule has 222 valence electrons. The molecule has 5 rings (SSSR count). The molecule has 3 aliphatic heterocycles. The van der Waals surface area contributed by atoms with Crippen molar-refractivity contribution in [2.24, 2.45) is 5.73 Å². The molecule has 3 aliphatic rings. The van der Waals surface area contributed by atoms with Crippen LogP contribution in [0.4, 0.5) is 5.69 Å². The lowest BCUT2D eigenvalue weighted by atomic mass is 9.74. The Balaban J connectivity index is 1.32. The fourth-order valence-electron chi connectivity index (χ4n) is 6.57. The number of nitrogens with two attached hydrogens (primary N) is 1.